The molecule has 2 heterocycles. The SMILES string of the molecule is CCc1nc(-c2cscc2C)nc(CC)c1CC(=O)O. The summed E-state index contributed by atoms with van der Waals surface area (Å²) in [5.74, 6) is -0.121. The molecule has 0 saturated carbocycles. The van der Waals surface area contributed by atoms with Crippen LogP contribution in [-0.2, 0) is 24.1 Å². The molecule has 0 aliphatic rings. The number of carboxylic acids is 1. The Morgan fingerprint density at radius 2 is 1.80 bits per heavy atom. The van der Waals surface area contributed by atoms with Crippen molar-refractivity contribution < 1.29 is 9.90 Å². The van der Waals surface area contributed by atoms with Gasteiger partial charge in [-0.15, -0.1) is 0 Å². The fraction of sp³-hybridized carbons (Fsp3) is 0.400. The Hall–Kier alpha value is -1.75. The average Bonchev–Trinajstić information content (AvgIpc) is 2.84. The van der Waals surface area contributed by atoms with Gasteiger partial charge in [0.2, 0.25) is 0 Å². The Labute approximate surface area is 122 Å². The maximum Gasteiger partial charge on any atom is 0.307 e. The number of rotatable bonds is 5. The maximum absolute atomic E-state index is 11.0. The molecule has 0 aliphatic heterocycles. The van der Waals surface area contributed by atoms with Gasteiger partial charge in [-0.05, 0) is 30.7 Å². The molecule has 0 fully saturated rings. The van der Waals surface area contributed by atoms with Crippen LogP contribution in [0.1, 0.15) is 36.4 Å². The van der Waals surface area contributed by atoms with Crippen molar-refractivity contribution in [2.45, 2.75) is 40.0 Å². The summed E-state index contributed by atoms with van der Waals surface area (Å²) in [4.78, 5) is 20.2. The summed E-state index contributed by atoms with van der Waals surface area (Å²) in [7, 11) is 0. The molecule has 2 aromatic rings. The van der Waals surface area contributed by atoms with Gasteiger partial charge < -0.3 is 5.11 Å². The van der Waals surface area contributed by atoms with Gasteiger partial charge in [0.25, 0.3) is 0 Å². The summed E-state index contributed by atoms with van der Waals surface area (Å²) in [6, 6.07) is 0. The van der Waals surface area contributed by atoms with Crippen molar-refractivity contribution >= 4 is 17.3 Å². The van der Waals surface area contributed by atoms with Crippen molar-refractivity contribution in [1.82, 2.24) is 9.97 Å². The van der Waals surface area contributed by atoms with Crippen molar-refractivity contribution in [3.63, 3.8) is 0 Å². The zero-order valence-corrected chi connectivity index (χ0v) is 12.8. The van der Waals surface area contributed by atoms with Crippen molar-refractivity contribution in [3.05, 3.63) is 33.3 Å². The van der Waals surface area contributed by atoms with Crippen LogP contribution in [0.25, 0.3) is 11.4 Å². The number of nitrogens with zero attached hydrogens (tertiary/aromatic N) is 2. The Morgan fingerprint density at radius 1 is 1.20 bits per heavy atom. The van der Waals surface area contributed by atoms with Crippen LogP contribution in [0.15, 0.2) is 10.8 Å². The number of thiophene rings is 1. The molecule has 5 heteroatoms. The van der Waals surface area contributed by atoms with E-state index in [1.807, 2.05) is 26.2 Å². The predicted molar refractivity (Wildman–Crippen MR) is 80.2 cm³/mol. The van der Waals surface area contributed by atoms with E-state index >= 15 is 0 Å². The second-order valence-electron chi connectivity index (χ2n) is 4.67. The van der Waals surface area contributed by atoms with Crippen LogP contribution in [0.4, 0.5) is 0 Å². The van der Waals surface area contributed by atoms with E-state index in [-0.39, 0.29) is 6.42 Å². The Morgan fingerprint density at radius 3 is 2.20 bits per heavy atom. The van der Waals surface area contributed by atoms with Crippen LogP contribution < -0.4 is 0 Å². The molecule has 1 N–H and O–H groups in total. The largest absolute Gasteiger partial charge is 0.481 e. The van der Waals surface area contributed by atoms with E-state index in [1.54, 1.807) is 11.3 Å². The molecule has 0 aromatic carbocycles. The smallest absolute Gasteiger partial charge is 0.307 e. The number of hydrogen-bond acceptors (Lipinski definition) is 4. The molecule has 106 valence electrons. The summed E-state index contributed by atoms with van der Waals surface area (Å²) >= 11 is 1.63. The lowest BCUT2D eigenvalue weighted by Crippen LogP contribution is -2.11. The van der Waals surface area contributed by atoms with Gasteiger partial charge in [0.05, 0.1) is 6.42 Å². The third-order valence-corrected chi connectivity index (χ3v) is 4.13. The average molecular weight is 290 g/mol. The first kappa shape index (κ1) is 14.7. The summed E-state index contributed by atoms with van der Waals surface area (Å²) in [6.45, 7) is 6.03. The summed E-state index contributed by atoms with van der Waals surface area (Å²) in [5.41, 5.74) is 4.67. The van der Waals surface area contributed by atoms with Crippen molar-refractivity contribution in [3.8, 4) is 11.4 Å². The molecule has 2 rings (SSSR count). The maximum atomic E-state index is 11.0. The normalized spacial score (nSPS) is 10.8. The van der Waals surface area contributed by atoms with Gasteiger partial charge in [-0.2, -0.15) is 11.3 Å². The predicted octanol–water partition coefficient (Wildman–Crippen LogP) is 3.27. The molecular weight excluding hydrogens is 272 g/mol. The quantitative estimate of drug-likeness (QED) is 0.918. The number of carboxylic acid groups (broad SMARTS) is 1. The van der Waals surface area contributed by atoms with Crippen LogP contribution in [0.3, 0.4) is 0 Å². The topological polar surface area (TPSA) is 63.1 Å². The van der Waals surface area contributed by atoms with Gasteiger partial charge in [0.1, 0.15) is 0 Å². The van der Waals surface area contributed by atoms with Crippen molar-refractivity contribution in [2.75, 3.05) is 0 Å². The molecule has 4 nitrogen and oxygen atoms in total. The van der Waals surface area contributed by atoms with Gasteiger partial charge in [0, 0.05) is 27.9 Å². The highest BCUT2D eigenvalue weighted by Crippen LogP contribution is 2.26. The van der Waals surface area contributed by atoms with Crippen molar-refractivity contribution in [2.24, 2.45) is 0 Å². The third-order valence-electron chi connectivity index (χ3n) is 3.27. The van der Waals surface area contributed by atoms with Crippen molar-refractivity contribution in [1.29, 1.82) is 0 Å². The molecular formula is C15H18N2O2S. The van der Waals surface area contributed by atoms with Crippen LogP contribution in [-0.4, -0.2) is 21.0 Å². The molecule has 0 unspecified atom stereocenters. The highest BCUT2D eigenvalue weighted by atomic mass is 32.1. The second-order valence-corrected chi connectivity index (χ2v) is 5.41. The van der Waals surface area contributed by atoms with Gasteiger partial charge in [-0.1, -0.05) is 13.8 Å². The molecule has 0 radical (unpaired) electrons. The van der Waals surface area contributed by atoms with Gasteiger partial charge in [0.15, 0.2) is 5.82 Å². The van der Waals surface area contributed by atoms with E-state index in [0.717, 1.165) is 28.1 Å². The molecule has 0 atom stereocenters. The third kappa shape index (κ3) is 2.88. The van der Waals surface area contributed by atoms with E-state index in [4.69, 9.17) is 5.11 Å². The lowest BCUT2D eigenvalue weighted by molar-refractivity contribution is -0.136. The molecule has 0 amide bonds. The van der Waals surface area contributed by atoms with E-state index in [2.05, 4.69) is 15.3 Å². The van der Waals surface area contributed by atoms with E-state index in [9.17, 15) is 4.79 Å². The molecule has 20 heavy (non-hydrogen) atoms. The lowest BCUT2D eigenvalue weighted by atomic mass is 10.0. The first-order chi connectivity index (χ1) is 9.56. The zero-order valence-electron chi connectivity index (χ0n) is 11.9. The molecule has 0 spiro atoms. The first-order valence-corrected chi connectivity index (χ1v) is 7.64. The fourth-order valence-corrected chi connectivity index (χ4v) is 3.06. The van der Waals surface area contributed by atoms with Crippen LogP contribution >= 0.6 is 11.3 Å². The van der Waals surface area contributed by atoms with Crippen LogP contribution in [0.5, 0.6) is 0 Å². The zero-order chi connectivity index (χ0) is 14.7. The fourth-order valence-electron chi connectivity index (χ4n) is 2.23. The van der Waals surface area contributed by atoms with Gasteiger partial charge in [-0.3, -0.25) is 4.79 Å². The minimum atomic E-state index is -0.836. The Balaban J connectivity index is 2.58. The molecule has 0 aliphatic carbocycles. The van der Waals surface area contributed by atoms with E-state index in [1.165, 1.54) is 0 Å². The monoisotopic (exact) mass is 290 g/mol. The summed E-state index contributed by atoms with van der Waals surface area (Å²) in [5, 5.41) is 13.2. The second kappa shape index (κ2) is 6.13. The van der Waals surface area contributed by atoms with Crippen LogP contribution in [0, 0.1) is 6.92 Å². The van der Waals surface area contributed by atoms with E-state index < -0.39 is 5.97 Å². The van der Waals surface area contributed by atoms with Gasteiger partial charge in [-0.25, -0.2) is 9.97 Å². The summed E-state index contributed by atoms with van der Waals surface area (Å²) in [6.07, 6.45) is 1.43. The molecule has 2 aromatic heterocycles. The first-order valence-electron chi connectivity index (χ1n) is 6.70. The number of aromatic nitrogens is 2. The molecule has 0 bridgehead atoms. The lowest BCUT2D eigenvalue weighted by Gasteiger charge is -2.12. The highest BCUT2D eigenvalue weighted by Gasteiger charge is 2.16. The number of hydrogen-bond donors (Lipinski definition) is 1. The standard InChI is InChI=1S/C15H18N2O2S/c1-4-12-10(6-14(18)19)13(5-2)17-15(16-12)11-8-20-7-9(11)3/h7-8H,4-6H2,1-3H3,(H,18,19). The number of aliphatic carboxylic acids is 1. The number of carbonyl (C=O) groups is 1. The Bertz CT molecular complexity index is 610. The van der Waals surface area contributed by atoms with Gasteiger partial charge >= 0.3 is 5.97 Å². The number of aryl methyl sites for hydroxylation is 3. The summed E-state index contributed by atoms with van der Waals surface area (Å²) < 4.78 is 0. The minimum Gasteiger partial charge on any atom is -0.481 e. The Kier molecular flexibility index (Phi) is 4.49. The molecule has 0 saturated heterocycles. The minimum absolute atomic E-state index is 0.00472. The highest BCUT2D eigenvalue weighted by molar-refractivity contribution is 7.08. The van der Waals surface area contributed by atoms with E-state index in [0.29, 0.717) is 18.7 Å². The van der Waals surface area contributed by atoms with Crippen LogP contribution in [0.2, 0.25) is 0 Å².